The summed E-state index contributed by atoms with van der Waals surface area (Å²) in [5.41, 5.74) is 1.03. The van der Waals surface area contributed by atoms with Gasteiger partial charge in [0.1, 0.15) is 0 Å². The number of amides is 1. The van der Waals surface area contributed by atoms with Gasteiger partial charge in [0.25, 0.3) is 0 Å². The minimum Gasteiger partial charge on any atom is -0.274 e. The van der Waals surface area contributed by atoms with Gasteiger partial charge in [-0.05, 0) is 48.8 Å². The second kappa shape index (κ2) is 5.39. The van der Waals surface area contributed by atoms with Gasteiger partial charge in [-0.2, -0.15) is 0 Å². The third-order valence-electron chi connectivity index (χ3n) is 4.65. The third kappa shape index (κ3) is 3.31. The van der Waals surface area contributed by atoms with E-state index in [-0.39, 0.29) is 17.6 Å². The summed E-state index contributed by atoms with van der Waals surface area (Å²) in [6, 6.07) is 7.10. The van der Waals surface area contributed by atoms with Gasteiger partial charge < -0.3 is 0 Å². The average molecular weight is 372 g/mol. The largest absolute Gasteiger partial charge is 0.274 e. The SMILES string of the molecule is O=C(NS(=O)(=O)Cc1cccc(Br)c1)C1CC2(CCC2)C1. The molecule has 0 aliphatic heterocycles. The zero-order chi connectivity index (χ0) is 15.1. The highest BCUT2D eigenvalue weighted by Crippen LogP contribution is 2.58. The first-order valence-electron chi connectivity index (χ1n) is 7.16. The molecule has 3 rings (SSSR count). The second-order valence-electron chi connectivity index (χ2n) is 6.31. The molecule has 0 atom stereocenters. The van der Waals surface area contributed by atoms with Crippen LogP contribution in [0.15, 0.2) is 28.7 Å². The van der Waals surface area contributed by atoms with E-state index < -0.39 is 10.0 Å². The number of rotatable bonds is 4. The number of carbonyl (C=O) groups is 1. The van der Waals surface area contributed by atoms with E-state index >= 15 is 0 Å². The molecule has 2 aliphatic carbocycles. The van der Waals surface area contributed by atoms with Crippen molar-refractivity contribution in [3.05, 3.63) is 34.3 Å². The van der Waals surface area contributed by atoms with Crippen molar-refractivity contribution in [2.24, 2.45) is 11.3 Å². The molecule has 21 heavy (non-hydrogen) atoms. The molecule has 0 bridgehead atoms. The monoisotopic (exact) mass is 371 g/mol. The van der Waals surface area contributed by atoms with Crippen LogP contribution < -0.4 is 4.72 Å². The molecule has 1 N–H and O–H groups in total. The van der Waals surface area contributed by atoms with Gasteiger partial charge in [0, 0.05) is 10.4 Å². The lowest BCUT2D eigenvalue weighted by Crippen LogP contribution is -2.50. The van der Waals surface area contributed by atoms with Crippen LogP contribution in [0, 0.1) is 11.3 Å². The Morgan fingerprint density at radius 2 is 2.05 bits per heavy atom. The number of hydrogen-bond donors (Lipinski definition) is 1. The van der Waals surface area contributed by atoms with E-state index in [2.05, 4.69) is 20.7 Å². The molecular weight excluding hydrogens is 354 g/mol. The lowest BCUT2D eigenvalue weighted by atomic mass is 9.52. The number of carbonyl (C=O) groups excluding carboxylic acids is 1. The molecule has 0 unspecified atom stereocenters. The van der Waals surface area contributed by atoms with Gasteiger partial charge in [-0.15, -0.1) is 0 Å². The average Bonchev–Trinajstić information content (AvgIpc) is 2.22. The maximum Gasteiger partial charge on any atom is 0.239 e. The van der Waals surface area contributed by atoms with E-state index in [0.717, 1.165) is 17.3 Å². The Morgan fingerprint density at radius 3 is 2.62 bits per heavy atom. The lowest BCUT2D eigenvalue weighted by molar-refractivity contribution is -0.134. The summed E-state index contributed by atoms with van der Waals surface area (Å²) in [5.74, 6) is -0.624. The van der Waals surface area contributed by atoms with Crippen molar-refractivity contribution >= 4 is 31.9 Å². The molecule has 1 spiro atoms. The van der Waals surface area contributed by atoms with Gasteiger partial charge in [-0.25, -0.2) is 8.42 Å². The molecule has 2 fully saturated rings. The quantitative estimate of drug-likeness (QED) is 0.884. The smallest absolute Gasteiger partial charge is 0.239 e. The Morgan fingerprint density at radius 1 is 1.33 bits per heavy atom. The standard InChI is InChI=1S/C15H18BrNO3S/c16-13-4-1-3-11(7-13)10-21(19,20)17-14(18)12-8-15(9-12)5-2-6-15/h1,3-4,7,12H,2,5-6,8-10H2,(H,17,18). The van der Waals surface area contributed by atoms with Crippen LogP contribution in [0.4, 0.5) is 0 Å². The first-order valence-corrected chi connectivity index (χ1v) is 9.61. The molecule has 114 valence electrons. The molecule has 0 saturated heterocycles. The van der Waals surface area contributed by atoms with Crippen LogP contribution in [0.3, 0.4) is 0 Å². The Hall–Kier alpha value is -0.880. The van der Waals surface area contributed by atoms with E-state index in [4.69, 9.17) is 0 Å². The van der Waals surface area contributed by atoms with E-state index in [0.29, 0.717) is 11.0 Å². The molecule has 1 aromatic carbocycles. The summed E-state index contributed by atoms with van der Waals surface area (Å²) in [7, 11) is -3.62. The molecule has 0 heterocycles. The predicted octanol–water partition coefficient (Wildman–Crippen LogP) is 2.98. The molecule has 1 aromatic rings. The molecule has 4 nitrogen and oxygen atoms in total. The van der Waals surface area contributed by atoms with Crippen LogP contribution in [0.2, 0.25) is 0 Å². The highest BCUT2D eigenvalue weighted by Gasteiger charge is 2.50. The molecule has 0 aromatic heterocycles. The van der Waals surface area contributed by atoms with Crippen LogP contribution in [0.5, 0.6) is 0 Å². The van der Waals surface area contributed by atoms with Crippen LogP contribution in [0.25, 0.3) is 0 Å². The maximum atomic E-state index is 12.1. The maximum absolute atomic E-state index is 12.1. The minimum atomic E-state index is -3.62. The highest BCUT2D eigenvalue weighted by molar-refractivity contribution is 9.10. The fourth-order valence-electron chi connectivity index (χ4n) is 3.37. The summed E-state index contributed by atoms with van der Waals surface area (Å²) in [6.45, 7) is 0. The van der Waals surface area contributed by atoms with E-state index in [1.165, 1.54) is 19.3 Å². The molecule has 1 amide bonds. The van der Waals surface area contributed by atoms with Crippen molar-refractivity contribution in [1.82, 2.24) is 4.72 Å². The van der Waals surface area contributed by atoms with Crippen molar-refractivity contribution in [3.8, 4) is 0 Å². The normalized spacial score (nSPS) is 20.6. The first-order chi connectivity index (χ1) is 9.88. The van der Waals surface area contributed by atoms with Gasteiger partial charge in [0.05, 0.1) is 5.75 Å². The fraction of sp³-hybridized carbons (Fsp3) is 0.533. The summed E-state index contributed by atoms with van der Waals surface area (Å²) < 4.78 is 27.2. The van der Waals surface area contributed by atoms with E-state index in [1.807, 2.05) is 6.07 Å². The minimum absolute atomic E-state index is 0.123. The predicted molar refractivity (Wildman–Crippen MR) is 83.9 cm³/mol. The summed E-state index contributed by atoms with van der Waals surface area (Å²) >= 11 is 3.31. The Balaban J connectivity index is 1.57. The van der Waals surface area contributed by atoms with Crippen LogP contribution in [-0.2, 0) is 20.6 Å². The van der Waals surface area contributed by atoms with E-state index in [9.17, 15) is 13.2 Å². The van der Waals surface area contributed by atoms with E-state index in [1.54, 1.807) is 18.2 Å². The van der Waals surface area contributed by atoms with Gasteiger partial charge >= 0.3 is 0 Å². The lowest BCUT2D eigenvalue weighted by Gasteiger charge is -2.53. The Bertz CT molecular complexity index is 659. The van der Waals surface area contributed by atoms with Crippen molar-refractivity contribution in [3.63, 3.8) is 0 Å². The Kier molecular flexibility index (Phi) is 3.86. The van der Waals surface area contributed by atoms with Crippen LogP contribution >= 0.6 is 15.9 Å². The second-order valence-corrected chi connectivity index (χ2v) is 8.95. The number of benzene rings is 1. The molecule has 6 heteroatoms. The number of nitrogens with one attached hydrogen (secondary N) is 1. The number of hydrogen-bond acceptors (Lipinski definition) is 3. The highest BCUT2D eigenvalue weighted by atomic mass is 79.9. The molecule has 2 aliphatic rings. The first kappa shape index (κ1) is 15.0. The zero-order valence-electron chi connectivity index (χ0n) is 11.6. The number of halogens is 1. The molecule has 2 saturated carbocycles. The van der Waals surface area contributed by atoms with Crippen LogP contribution in [0.1, 0.15) is 37.7 Å². The third-order valence-corrected chi connectivity index (χ3v) is 6.36. The number of sulfonamides is 1. The molecule has 0 radical (unpaired) electrons. The zero-order valence-corrected chi connectivity index (χ0v) is 14.0. The summed E-state index contributed by atoms with van der Waals surface area (Å²) in [4.78, 5) is 12.0. The van der Waals surface area contributed by atoms with Gasteiger partial charge in [0.15, 0.2) is 0 Å². The van der Waals surface area contributed by atoms with Gasteiger partial charge in [-0.3, -0.25) is 9.52 Å². The van der Waals surface area contributed by atoms with Crippen molar-refractivity contribution < 1.29 is 13.2 Å². The Labute approximate surface area is 133 Å². The molecular formula is C15H18BrNO3S. The van der Waals surface area contributed by atoms with Crippen molar-refractivity contribution in [2.45, 2.75) is 37.9 Å². The van der Waals surface area contributed by atoms with Gasteiger partial charge in [-0.1, -0.05) is 34.5 Å². The van der Waals surface area contributed by atoms with Crippen molar-refractivity contribution in [2.75, 3.05) is 0 Å². The summed E-state index contributed by atoms with van der Waals surface area (Å²) in [6.07, 6.45) is 5.34. The topological polar surface area (TPSA) is 63.2 Å². The van der Waals surface area contributed by atoms with Crippen LogP contribution in [-0.4, -0.2) is 14.3 Å². The van der Waals surface area contributed by atoms with Gasteiger partial charge in [0.2, 0.25) is 15.9 Å². The fourth-order valence-corrected chi connectivity index (χ4v) is 4.99. The summed E-state index contributed by atoms with van der Waals surface area (Å²) in [5, 5.41) is 0. The van der Waals surface area contributed by atoms with Crippen molar-refractivity contribution in [1.29, 1.82) is 0 Å².